The molecule has 0 unspecified atom stereocenters. The molecule has 0 saturated heterocycles. The van der Waals surface area contributed by atoms with E-state index >= 15 is 0 Å². The highest BCUT2D eigenvalue weighted by atomic mass is 32.1. The van der Waals surface area contributed by atoms with Crippen LogP contribution in [0, 0.1) is 5.82 Å². The van der Waals surface area contributed by atoms with Gasteiger partial charge in [0.1, 0.15) is 11.5 Å². The summed E-state index contributed by atoms with van der Waals surface area (Å²) < 4.78 is 17.5. The smallest absolute Gasteiger partial charge is 0.356 e. The number of hydrogen-bond acceptors (Lipinski definition) is 5. The van der Waals surface area contributed by atoms with E-state index < -0.39 is 5.97 Å². The molecule has 2 heterocycles. The van der Waals surface area contributed by atoms with E-state index in [1.807, 2.05) is 0 Å². The van der Waals surface area contributed by atoms with E-state index in [1.165, 1.54) is 36.6 Å². The molecule has 3 rings (SSSR count). The van der Waals surface area contributed by atoms with Gasteiger partial charge in [0.2, 0.25) is 0 Å². The summed E-state index contributed by atoms with van der Waals surface area (Å²) in [4.78, 5) is 24.9. The molecule has 0 bridgehead atoms. The summed E-state index contributed by atoms with van der Waals surface area (Å²) in [5.41, 5.74) is 0.971. The number of hydrogen-bond donors (Lipinski definition) is 2. The van der Waals surface area contributed by atoms with Gasteiger partial charge in [0, 0.05) is 10.9 Å². The average Bonchev–Trinajstić information content (AvgIpc) is 3.24. The highest BCUT2D eigenvalue weighted by Gasteiger charge is 2.14. The molecule has 0 aliphatic heterocycles. The van der Waals surface area contributed by atoms with Crippen LogP contribution in [0.3, 0.4) is 0 Å². The van der Waals surface area contributed by atoms with Gasteiger partial charge in [-0.2, -0.15) is 5.10 Å². The van der Waals surface area contributed by atoms with Gasteiger partial charge in [-0.05, 0) is 29.8 Å². The van der Waals surface area contributed by atoms with Gasteiger partial charge in [0.25, 0.3) is 5.91 Å². The highest BCUT2D eigenvalue weighted by Crippen LogP contribution is 2.28. The number of carbonyl (C=O) groups excluding carboxylic acids is 2. The number of nitrogens with one attached hydrogen (secondary N) is 2. The van der Waals surface area contributed by atoms with Crippen molar-refractivity contribution in [3.05, 3.63) is 58.9 Å². The molecule has 0 fully saturated rings. The quantitative estimate of drug-likeness (QED) is 0.711. The topological polar surface area (TPSA) is 84.1 Å². The molecule has 24 heavy (non-hydrogen) atoms. The summed E-state index contributed by atoms with van der Waals surface area (Å²) in [6.45, 7) is 0. The number of ether oxygens (including phenoxy) is 1. The van der Waals surface area contributed by atoms with Gasteiger partial charge in [-0.25, -0.2) is 9.18 Å². The summed E-state index contributed by atoms with van der Waals surface area (Å²) in [6, 6.07) is 10.9. The Morgan fingerprint density at radius 3 is 2.67 bits per heavy atom. The first-order valence-electron chi connectivity index (χ1n) is 6.87. The lowest BCUT2D eigenvalue weighted by molar-refractivity contribution is 0.0594. The first-order valence-corrected chi connectivity index (χ1v) is 7.69. The predicted molar refractivity (Wildman–Crippen MR) is 87.6 cm³/mol. The number of esters is 1. The second kappa shape index (κ2) is 6.63. The fraction of sp³-hybridized carbons (Fsp3) is 0.0625. The van der Waals surface area contributed by atoms with Crippen molar-refractivity contribution in [1.82, 2.24) is 10.2 Å². The molecule has 0 aliphatic carbocycles. The number of nitrogens with zero attached hydrogens (tertiary/aromatic N) is 1. The number of benzene rings is 1. The normalized spacial score (nSPS) is 10.4. The van der Waals surface area contributed by atoms with Gasteiger partial charge in [0.05, 0.1) is 12.0 Å². The van der Waals surface area contributed by atoms with E-state index in [4.69, 9.17) is 0 Å². The van der Waals surface area contributed by atoms with Crippen LogP contribution in [0.25, 0.3) is 10.4 Å². The fourth-order valence-corrected chi connectivity index (χ4v) is 2.91. The van der Waals surface area contributed by atoms with Crippen molar-refractivity contribution in [3.8, 4) is 10.4 Å². The third-order valence-electron chi connectivity index (χ3n) is 3.18. The van der Waals surface area contributed by atoms with Crippen LogP contribution in [0.1, 0.15) is 20.2 Å². The Hall–Kier alpha value is -3.00. The van der Waals surface area contributed by atoms with Crippen LogP contribution < -0.4 is 5.32 Å². The lowest BCUT2D eigenvalue weighted by Gasteiger charge is -1.98. The Morgan fingerprint density at radius 2 is 1.96 bits per heavy atom. The SMILES string of the molecule is COC(=O)c1cc(NC(=O)c2ccc(-c3ccc(F)cc3)s2)n[nH]1. The van der Waals surface area contributed by atoms with Crippen LogP contribution >= 0.6 is 11.3 Å². The zero-order valence-corrected chi connectivity index (χ0v) is 13.3. The Balaban J connectivity index is 1.73. The lowest BCUT2D eigenvalue weighted by Crippen LogP contribution is -2.10. The predicted octanol–water partition coefficient (Wildman–Crippen LogP) is 3.32. The maximum Gasteiger partial charge on any atom is 0.356 e. The van der Waals surface area contributed by atoms with E-state index in [0.717, 1.165) is 10.4 Å². The van der Waals surface area contributed by atoms with Gasteiger partial charge in [-0.1, -0.05) is 12.1 Å². The van der Waals surface area contributed by atoms with Crippen molar-refractivity contribution in [2.24, 2.45) is 0 Å². The molecule has 1 amide bonds. The largest absolute Gasteiger partial charge is 0.464 e. The van der Waals surface area contributed by atoms with E-state index in [0.29, 0.717) is 4.88 Å². The Bertz CT molecular complexity index is 886. The van der Waals surface area contributed by atoms with Crippen LogP contribution in [-0.2, 0) is 4.74 Å². The lowest BCUT2D eigenvalue weighted by atomic mass is 10.2. The number of H-pyrrole nitrogens is 1. The number of rotatable bonds is 4. The van der Waals surface area contributed by atoms with E-state index in [-0.39, 0.29) is 23.2 Å². The summed E-state index contributed by atoms with van der Waals surface area (Å²) in [5.74, 6) is -1.01. The van der Waals surface area contributed by atoms with Gasteiger partial charge < -0.3 is 10.1 Å². The van der Waals surface area contributed by atoms with Crippen molar-refractivity contribution in [2.45, 2.75) is 0 Å². The average molecular weight is 345 g/mol. The minimum Gasteiger partial charge on any atom is -0.464 e. The molecule has 0 spiro atoms. The number of anilines is 1. The zero-order chi connectivity index (χ0) is 17.1. The van der Waals surface area contributed by atoms with Crippen LogP contribution in [0.2, 0.25) is 0 Å². The van der Waals surface area contributed by atoms with Crippen molar-refractivity contribution in [2.75, 3.05) is 12.4 Å². The molecule has 3 aromatic rings. The first kappa shape index (κ1) is 15.9. The van der Waals surface area contributed by atoms with Gasteiger partial charge in [0.15, 0.2) is 5.82 Å². The second-order valence-electron chi connectivity index (χ2n) is 4.78. The third-order valence-corrected chi connectivity index (χ3v) is 4.32. The van der Waals surface area contributed by atoms with Crippen LogP contribution in [-0.4, -0.2) is 29.2 Å². The van der Waals surface area contributed by atoms with E-state index in [1.54, 1.807) is 24.3 Å². The van der Waals surface area contributed by atoms with E-state index in [9.17, 15) is 14.0 Å². The van der Waals surface area contributed by atoms with Crippen molar-refractivity contribution >= 4 is 29.0 Å². The molecule has 2 N–H and O–H groups in total. The molecule has 0 radical (unpaired) electrons. The molecule has 0 saturated carbocycles. The van der Waals surface area contributed by atoms with Crippen molar-refractivity contribution < 1.29 is 18.7 Å². The summed E-state index contributed by atoms with van der Waals surface area (Å²) in [6.07, 6.45) is 0. The minimum absolute atomic E-state index is 0.144. The monoisotopic (exact) mass is 345 g/mol. The third kappa shape index (κ3) is 3.33. The first-order chi connectivity index (χ1) is 11.6. The minimum atomic E-state index is -0.572. The summed E-state index contributed by atoms with van der Waals surface area (Å²) in [7, 11) is 1.25. The number of aromatic nitrogens is 2. The maximum absolute atomic E-state index is 13.0. The molecule has 6 nitrogen and oxygen atoms in total. The molecule has 1 aromatic carbocycles. The highest BCUT2D eigenvalue weighted by molar-refractivity contribution is 7.17. The molecular weight excluding hydrogens is 333 g/mol. The summed E-state index contributed by atoms with van der Waals surface area (Å²) >= 11 is 1.27. The van der Waals surface area contributed by atoms with Gasteiger partial charge in [-0.15, -0.1) is 11.3 Å². The standard InChI is InChI=1S/C16H12FN3O3S/c1-23-16(22)11-8-14(20-19-11)18-15(21)13-7-6-12(24-13)9-2-4-10(17)5-3-9/h2-8H,1H3,(H2,18,19,20,21). The van der Waals surface area contributed by atoms with Crippen LogP contribution in [0.4, 0.5) is 10.2 Å². The van der Waals surface area contributed by atoms with Gasteiger partial charge in [-0.3, -0.25) is 9.89 Å². The van der Waals surface area contributed by atoms with E-state index in [2.05, 4.69) is 20.3 Å². The molecule has 2 aromatic heterocycles. The zero-order valence-electron chi connectivity index (χ0n) is 12.5. The fourth-order valence-electron chi connectivity index (χ4n) is 2.01. The Kier molecular flexibility index (Phi) is 4.39. The van der Waals surface area contributed by atoms with Crippen LogP contribution in [0.5, 0.6) is 0 Å². The Labute approximate surface area is 140 Å². The van der Waals surface area contributed by atoms with Crippen molar-refractivity contribution in [3.63, 3.8) is 0 Å². The number of aromatic amines is 1. The molecule has 8 heteroatoms. The van der Waals surface area contributed by atoms with Crippen molar-refractivity contribution in [1.29, 1.82) is 0 Å². The Morgan fingerprint density at radius 1 is 1.21 bits per heavy atom. The maximum atomic E-state index is 13.0. The number of halogens is 1. The summed E-state index contributed by atoms with van der Waals surface area (Å²) in [5, 5.41) is 8.90. The molecular formula is C16H12FN3O3S. The van der Waals surface area contributed by atoms with Crippen LogP contribution in [0.15, 0.2) is 42.5 Å². The van der Waals surface area contributed by atoms with Gasteiger partial charge >= 0.3 is 5.97 Å². The molecule has 122 valence electrons. The number of thiophene rings is 1. The second-order valence-corrected chi connectivity index (χ2v) is 5.87. The number of methoxy groups -OCH3 is 1. The molecule has 0 atom stereocenters. The number of carbonyl (C=O) groups is 2. The number of amides is 1. The molecule has 0 aliphatic rings.